The van der Waals surface area contributed by atoms with Gasteiger partial charge in [0.05, 0.1) is 13.2 Å². The van der Waals surface area contributed by atoms with Gasteiger partial charge in [0.25, 0.3) is 0 Å². The number of aliphatic carboxylic acids is 1. The molecule has 0 aliphatic heterocycles. The van der Waals surface area contributed by atoms with E-state index in [1.165, 1.54) is 5.56 Å². The predicted molar refractivity (Wildman–Crippen MR) is 87.8 cm³/mol. The van der Waals surface area contributed by atoms with Crippen LogP contribution in [-0.4, -0.2) is 43.5 Å². The molecule has 1 N–H and O–H groups in total. The predicted octanol–water partition coefficient (Wildman–Crippen LogP) is 2.31. The van der Waals surface area contributed by atoms with Gasteiger partial charge in [-0.05, 0) is 29.3 Å². The minimum absolute atomic E-state index is 0.115. The van der Waals surface area contributed by atoms with E-state index in [2.05, 4.69) is 18.2 Å². The molecule has 24 heavy (non-hydrogen) atoms. The van der Waals surface area contributed by atoms with Crippen LogP contribution in [0.2, 0.25) is 0 Å². The number of carbonyl (C=O) groups is 2. The Bertz CT molecular complexity index is 710. The number of hydrogen-bond acceptors (Lipinski definition) is 5. The lowest BCUT2D eigenvalue weighted by Crippen LogP contribution is -2.16. The lowest BCUT2D eigenvalue weighted by molar-refractivity contribution is -0.152. The zero-order valence-electron chi connectivity index (χ0n) is 13.5. The maximum Gasteiger partial charge on any atom is 0.332 e. The van der Waals surface area contributed by atoms with E-state index < -0.39 is 11.9 Å². The molecule has 2 aromatic rings. The molecule has 2 aromatic carbocycles. The van der Waals surface area contributed by atoms with E-state index in [-0.39, 0.29) is 33.0 Å². The number of esters is 1. The summed E-state index contributed by atoms with van der Waals surface area (Å²) in [5.74, 6) is -1.52. The Labute approximate surface area is 139 Å². The van der Waals surface area contributed by atoms with Gasteiger partial charge < -0.3 is 19.3 Å². The Hall–Kier alpha value is -2.44. The van der Waals surface area contributed by atoms with Crippen molar-refractivity contribution in [3.05, 3.63) is 47.5 Å². The van der Waals surface area contributed by atoms with Crippen molar-refractivity contribution in [3.63, 3.8) is 0 Å². The first-order valence-corrected chi connectivity index (χ1v) is 7.57. The molecule has 128 valence electrons. The second kappa shape index (κ2) is 9.00. The van der Waals surface area contributed by atoms with Crippen LogP contribution in [0.15, 0.2) is 36.4 Å². The summed E-state index contributed by atoms with van der Waals surface area (Å²) in [6.07, 6.45) is 0. The number of rotatable bonds is 9. The SMILES string of the molecule is Cc1ccc2ccc(COC(=O)COCCOCC(=O)O)cc2c1. The molecule has 0 bridgehead atoms. The molecule has 0 amide bonds. The van der Waals surface area contributed by atoms with Gasteiger partial charge in [0.2, 0.25) is 0 Å². The first-order valence-electron chi connectivity index (χ1n) is 7.57. The minimum atomic E-state index is -1.04. The van der Waals surface area contributed by atoms with Gasteiger partial charge in [0.15, 0.2) is 0 Å². The molecule has 0 aromatic heterocycles. The summed E-state index contributed by atoms with van der Waals surface area (Å²) in [5, 5.41) is 10.6. The second-order valence-electron chi connectivity index (χ2n) is 5.34. The fourth-order valence-electron chi connectivity index (χ4n) is 2.14. The van der Waals surface area contributed by atoms with Gasteiger partial charge in [-0.3, -0.25) is 0 Å². The van der Waals surface area contributed by atoms with Crippen molar-refractivity contribution < 1.29 is 28.9 Å². The summed E-state index contributed by atoms with van der Waals surface area (Å²) in [7, 11) is 0. The van der Waals surface area contributed by atoms with E-state index in [0.29, 0.717) is 0 Å². The van der Waals surface area contributed by atoms with E-state index >= 15 is 0 Å². The lowest BCUT2D eigenvalue weighted by Gasteiger charge is -2.07. The van der Waals surface area contributed by atoms with Gasteiger partial charge in [-0.15, -0.1) is 0 Å². The Balaban J connectivity index is 1.71. The summed E-state index contributed by atoms with van der Waals surface area (Å²) in [6, 6.07) is 12.1. The highest BCUT2D eigenvalue weighted by Gasteiger charge is 2.05. The van der Waals surface area contributed by atoms with Crippen LogP contribution in [0.1, 0.15) is 11.1 Å². The summed E-state index contributed by atoms with van der Waals surface area (Å²) in [6.45, 7) is 1.89. The van der Waals surface area contributed by atoms with Gasteiger partial charge in [-0.1, -0.05) is 35.9 Å². The van der Waals surface area contributed by atoms with Crippen molar-refractivity contribution in [1.82, 2.24) is 0 Å². The van der Waals surface area contributed by atoms with Crippen LogP contribution in [0.25, 0.3) is 10.8 Å². The molecule has 0 atom stereocenters. The highest BCUT2D eigenvalue weighted by atomic mass is 16.6. The van der Waals surface area contributed by atoms with E-state index in [1.54, 1.807) is 0 Å². The second-order valence-corrected chi connectivity index (χ2v) is 5.34. The zero-order valence-corrected chi connectivity index (χ0v) is 13.5. The quantitative estimate of drug-likeness (QED) is 0.560. The fourth-order valence-corrected chi connectivity index (χ4v) is 2.14. The Morgan fingerprint density at radius 1 is 0.958 bits per heavy atom. The molecule has 6 heteroatoms. The largest absolute Gasteiger partial charge is 0.480 e. The number of carbonyl (C=O) groups excluding carboxylic acids is 1. The third kappa shape index (κ3) is 5.98. The van der Waals surface area contributed by atoms with Crippen LogP contribution < -0.4 is 0 Å². The average molecular weight is 332 g/mol. The molecular formula is C18H20O6. The minimum Gasteiger partial charge on any atom is -0.480 e. The molecule has 0 radical (unpaired) electrons. The number of fused-ring (bicyclic) bond motifs is 1. The van der Waals surface area contributed by atoms with Gasteiger partial charge in [-0.2, -0.15) is 0 Å². The van der Waals surface area contributed by atoms with E-state index in [9.17, 15) is 9.59 Å². The molecule has 0 aliphatic rings. The molecule has 0 fully saturated rings. The van der Waals surface area contributed by atoms with Crippen LogP contribution in [0, 0.1) is 6.92 Å². The molecule has 0 heterocycles. The summed E-state index contributed by atoms with van der Waals surface area (Å²) < 4.78 is 15.0. The number of aryl methyl sites for hydroxylation is 1. The van der Waals surface area contributed by atoms with Crippen LogP contribution in [0.4, 0.5) is 0 Å². The topological polar surface area (TPSA) is 82.1 Å². The van der Waals surface area contributed by atoms with Crippen LogP contribution in [-0.2, 0) is 30.4 Å². The third-order valence-electron chi connectivity index (χ3n) is 3.28. The first kappa shape index (κ1) is 17.9. The van der Waals surface area contributed by atoms with Crippen molar-refractivity contribution in [3.8, 4) is 0 Å². The zero-order chi connectivity index (χ0) is 17.4. The van der Waals surface area contributed by atoms with Crippen molar-refractivity contribution in [2.45, 2.75) is 13.5 Å². The number of benzene rings is 2. The fraction of sp³-hybridized carbons (Fsp3) is 0.333. The molecule has 0 saturated carbocycles. The van der Waals surface area contributed by atoms with E-state index in [1.807, 2.05) is 25.1 Å². The molecule has 6 nitrogen and oxygen atoms in total. The molecule has 0 saturated heterocycles. The Morgan fingerprint density at radius 2 is 1.67 bits per heavy atom. The monoisotopic (exact) mass is 332 g/mol. The normalized spacial score (nSPS) is 10.7. The van der Waals surface area contributed by atoms with Crippen molar-refractivity contribution in [1.29, 1.82) is 0 Å². The number of carboxylic acids is 1. The molecule has 0 aliphatic carbocycles. The number of carboxylic acid groups (broad SMARTS) is 1. The third-order valence-corrected chi connectivity index (χ3v) is 3.28. The average Bonchev–Trinajstić information content (AvgIpc) is 2.55. The molecular weight excluding hydrogens is 312 g/mol. The van der Waals surface area contributed by atoms with Gasteiger partial charge in [0.1, 0.15) is 19.8 Å². The Morgan fingerprint density at radius 3 is 2.42 bits per heavy atom. The van der Waals surface area contributed by atoms with E-state index in [0.717, 1.165) is 16.3 Å². The van der Waals surface area contributed by atoms with Gasteiger partial charge >= 0.3 is 11.9 Å². The standard InChI is InChI=1S/C18H20O6/c1-13-2-4-15-5-3-14(9-16(15)8-13)10-24-18(21)12-23-7-6-22-11-17(19)20/h2-5,8-9H,6-7,10-12H2,1H3,(H,19,20). The van der Waals surface area contributed by atoms with Crippen molar-refractivity contribution in [2.75, 3.05) is 26.4 Å². The maximum atomic E-state index is 11.6. The van der Waals surface area contributed by atoms with Crippen LogP contribution >= 0.6 is 0 Å². The highest BCUT2D eigenvalue weighted by molar-refractivity contribution is 5.83. The highest BCUT2D eigenvalue weighted by Crippen LogP contribution is 2.18. The summed E-state index contributed by atoms with van der Waals surface area (Å²) in [4.78, 5) is 21.8. The summed E-state index contributed by atoms with van der Waals surface area (Å²) in [5.41, 5.74) is 2.08. The van der Waals surface area contributed by atoms with Crippen LogP contribution in [0.5, 0.6) is 0 Å². The van der Waals surface area contributed by atoms with Gasteiger partial charge in [-0.25, -0.2) is 9.59 Å². The molecule has 0 unspecified atom stereocenters. The number of hydrogen-bond donors (Lipinski definition) is 1. The number of ether oxygens (including phenoxy) is 3. The molecule has 0 spiro atoms. The lowest BCUT2D eigenvalue weighted by atomic mass is 10.1. The maximum absolute atomic E-state index is 11.6. The van der Waals surface area contributed by atoms with Crippen LogP contribution in [0.3, 0.4) is 0 Å². The Kier molecular flexibility index (Phi) is 6.72. The van der Waals surface area contributed by atoms with Gasteiger partial charge in [0, 0.05) is 0 Å². The van der Waals surface area contributed by atoms with Crippen molar-refractivity contribution >= 4 is 22.7 Å². The molecule has 2 rings (SSSR count). The smallest absolute Gasteiger partial charge is 0.332 e. The summed E-state index contributed by atoms with van der Waals surface area (Å²) >= 11 is 0. The van der Waals surface area contributed by atoms with E-state index in [4.69, 9.17) is 19.3 Å². The first-order chi connectivity index (χ1) is 11.5. The van der Waals surface area contributed by atoms with Crippen molar-refractivity contribution in [2.24, 2.45) is 0 Å².